The minimum atomic E-state index is -0.453. The second kappa shape index (κ2) is 4.38. The molecule has 0 saturated carbocycles. The number of benzene rings is 1. The lowest BCUT2D eigenvalue weighted by molar-refractivity contribution is 0.555. The van der Waals surface area contributed by atoms with Gasteiger partial charge in [0, 0.05) is 30.9 Å². The van der Waals surface area contributed by atoms with Gasteiger partial charge in [0.05, 0.1) is 5.52 Å². The molecule has 6 heteroatoms. The minimum absolute atomic E-state index is 0.0890. The molecule has 0 saturated heterocycles. The van der Waals surface area contributed by atoms with Crippen LogP contribution in [0.3, 0.4) is 0 Å². The zero-order valence-corrected chi connectivity index (χ0v) is 8.69. The summed E-state index contributed by atoms with van der Waals surface area (Å²) in [6, 6.07) is 5.28. The molecule has 1 heterocycles. The Bertz CT molecular complexity index is 531. The van der Waals surface area contributed by atoms with Gasteiger partial charge in [-0.2, -0.15) is 0 Å². The molecule has 1 aromatic carbocycles. The van der Waals surface area contributed by atoms with E-state index in [1.807, 2.05) is 6.07 Å². The summed E-state index contributed by atoms with van der Waals surface area (Å²) in [6.45, 7) is 1.01. The van der Waals surface area contributed by atoms with Crippen molar-refractivity contribution in [3.05, 3.63) is 28.7 Å². The van der Waals surface area contributed by atoms with Gasteiger partial charge < -0.3 is 21.2 Å². The number of fused-ring (bicyclic) bond motifs is 1. The first kappa shape index (κ1) is 10.7. The van der Waals surface area contributed by atoms with Crippen LogP contribution in [0.15, 0.2) is 27.4 Å². The molecule has 0 aliphatic rings. The topological polar surface area (TPSA) is 110 Å². The highest BCUT2D eigenvalue weighted by Crippen LogP contribution is 2.15. The van der Waals surface area contributed by atoms with E-state index in [9.17, 15) is 4.79 Å². The van der Waals surface area contributed by atoms with Crippen LogP contribution in [0.2, 0.25) is 0 Å². The summed E-state index contributed by atoms with van der Waals surface area (Å²) in [5.41, 5.74) is 13.1. The second-order valence-electron chi connectivity index (χ2n) is 3.60. The van der Waals surface area contributed by atoms with Gasteiger partial charge in [-0.1, -0.05) is 0 Å². The summed E-state index contributed by atoms with van der Waals surface area (Å²) in [5, 5.41) is 3.12. The third-order valence-electron chi connectivity index (χ3n) is 2.29. The molecule has 0 aliphatic heterocycles. The second-order valence-corrected chi connectivity index (χ2v) is 3.60. The fourth-order valence-electron chi connectivity index (χ4n) is 1.39. The van der Waals surface area contributed by atoms with E-state index < -0.39 is 5.76 Å². The number of anilines is 1. The Morgan fingerprint density at radius 2 is 2.31 bits per heavy atom. The summed E-state index contributed by atoms with van der Waals surface area (Å²) < 4.78 is 4.93. The molecule has 0 amide bonds. The Labute approximate surface area is 91.6 Å². The minimum Gasteiger partial charge on any atom is -0.408 e. The smallest absolute Gasteiger partial charge is 0.408 e. The maximum atomic E-state index is 10.9. The number of aromatic amines is 1. The van der Waals surface area contributed by atoms with Gasteiger partial charge in [-0.3, -0.25) is 4.98 Å². The van der Waals surface area contributed by atoms with Gasteiger partial charge in [0.1, 0.15) is 0 Å². The van der Waals surface area contributed by atoms with E-state index in [4.69, 9.17) is 15.9 Å². The highest BCUT2D eigenvalue weighted by atomic mass is 16.4. The average Bonchev–Trinajstić information content (AvgIpc) is 2.65. The molecule has 0 aliphatic carbocycles. The Morgan fingerprint density at radius 3 is 3.06 bits per heavy atom. The van der Waals surface area contributed by atoms with Crippen LogP contribution < -0.4 is 22.5 Å². The van der Waals surface area contributed by atoms with Crippen LogP contribution in [0.1, 0.15) is 0 Å². The standard InChI is InChI=1S/C10H14N4O2/c11-4-6(12)5-13-7-1-2-8-9(3-7)16-10(15)14-8/h1-3,6,13H,4-5,11-12H2,(H,14,15). The molecule has 0 radical (unpaired) electrons. The van der Waals surface area contributed by atoms with Crippen LogP contribution in [-0.4, -0.2) is 24.1 Å². The van der Waals surface area contributed by atoms with Crippen molar-refractivity contribution in [3.63, 3.8) is 0 Å². The number of nitrogens with two attached hydrogens (primary N) is 2. The number of rotatable bonds is 4. The maximum absolute atomic E-state index is 10.9. The van der Waals surface area contributed by atoms with Crippen molar-refractivity contribution in [1.82, 2.24) is 4.98 Å². The zero-order valence-electron chi connectivity index (χ0n) is 8.69. The van der Waals surface area contributed by atoms with Gasteiger partial charge in [0.2, 0.25) is 0 Å². The molecule has 1 atom stereocenters. The lowest BCUT2D eigenvalue weighted by Crippen LogP contribution is -2.36. The van der Waals surface area contributed by atoms with Crippen molar-refractivity contribution in [2.75, 3.05) is 18.4 Å². The quantitative estimate of drug-likeness (QED) is 0.573. The molecule has 2 aromatic rings. The van der Waals surface area contributed by atoms with E-state index in [0.29, 0.717) is 24.2 Å². The summed E-state index contributed by atoms with van der Waals surface area (Å²) in [6.07, 6.45) is 0. The van der Waals surface area contributed by atoms with E-state index in [2.05, 4.69) is 10.3 Å². The van der Waals surface area contributed by atoms with E-state index in [-0.39, 0.29) is 6.04 Å². The van der Waals surface area contributed by atoms with Gasteiger partial charge in [0.25, 0.3) is 0 Å². The van der Waals surface area contributed by atoms with Gasteiger partial charge in [-0.05, 0) is 12.1 Å². The highest BCUT2D eigenvalue weighted by Gasteiger charge is 2.03. The Balaban J connectivity index is 2.16. The van der Waals surface area contributed by atoms with Gasteiger partial charge in [-0.25, -0.2) is 4.79 Å². The van der Waals surface area contributed by atoms with Crippen LogP contribution in [0.5, 0.6) is 0 Å². The van der Waals surface area contributed by atoms with Crippen LogP contribution in [0.25, 0.3) is 11.1 Å². The van der Waals surface area contributed by atoms with Crippen molar-refractivity contribution < 1.29 is 4.42 Å². The first-order chi connectivity index (χ1) is 7.69. The van der Waals surface area contributed by atoms with Crippen molar-refractivity contribution in [2.45, 2.75) is 6.04 Å². The first-order valence-corrected chi connectivity index (χ1v) is 5.01. The zero-order chi connectivity index (χ0) is 11.5. The van der Waals surface area contributed by atoms with Crippen LogP contribution >= 0.6 is 0 Å². The molecule has 6 N–H and O–H groups in total. The SMILES string of the molecule is NCC(N)CNc1ccc2[nH]c(=O)oc2c1. The number of oxazole rings is 1. The number of hydrogen-bond donors (Lipinski definition) is 4. The van der Waals surface area contributed by atoms with Gasteiger partial charge in [0.15, 0.2) is 5.58 Å². The monoisotopic (exact) mass is 222 g/mol. The van der Waals surface area contributed by atoms with Crippen molar-refractivity contribution in [1.29, 1.82) is 0 Å². The van der Waals surface area contributed by atoms with E-state index in [0.717, 1.165) is 5.69 Å². The number of hydrogen-bond acceptors (Lipinski definition) is 5. The molecule has 6 nitrogen and oxygen atoms in total. The normalized spacial score (nSPS) is 12.9. The predicted octanol–water partition coefficient (Wildman–Crippen LogP) is -0.181. The largest absolute Gasteiger partial charge is 0.417 e. The summed E-state index contributed by atoms with van der Waals surface area (Å²) in [5.74, 6) is -0.453. The van der Waals surface area contributed by atoms with Crippen LogP contribution in [0, 0.1) is 0 Å². The van der Waals surface area contributed by atoms with Crippen molar-refractivity contribution >= 4 is 16.8 Å². The third kappa shape index (κ3) is 2.23. The van der Waals surface area contributed by atoms with Gasteiger partial charge >= 0.3 is 5.76 Å². The third-order valence-corrected chi connectivity index (χ3v) is 2.29. The number of nitrogens with one attached hydrogen (secondary N) is 2. The average molecular weight is 222 g/mol. The van der Waals surface area contributed by atoms with Crippen LogP contribution in [0.4, 0.5) is 5.69 Å². The molecule has 0 fully saturated rings. The van der Waals surface area contributed by atoms with Crippen molar-refractivity contribution in [2.24, 2.45) is 11.5 Å². The molecular formula is C10H14N4O2. The van der Waals surface area contributed by atoms with E-state index in [1.165, 1.54) is 0 Å². The maximum Gasteiger partial charge on any atom is 0.417 e. The van der Waals surface area contributed by atoms with E-state index >= 15 is 0 Å². The summed E-state index contributed by atoms with van der Waals surface area (Å²) >= 11 is 0. The molecule has 2 rings (SSSR count). The lowest BCUT2D eigenvalue weighted by Gasteiger charge is -2.10. The first-order valence-electron chi connectivity index (χ1n) is 5.01. The Morgan fingerprint density at radius 1 is 1.50 bits per heavy atom. The van der Waals surface area contributed by atoms with Crippen molar-refractivity contribution in [3.8, 4) is 0 Å². The Kier molecular flexibility index (Phi) is 2.93. The fourth-order valence-corrected chi connectivity index (χ4v) is 1.39. The molecule has 1 unspecified atom stereocenters. The molecular weight excluding hydrogens is 208 g/mol. The Hall–Kier alpha value is -1.79. The number of aromatic nitrogens is 1. The molecule has 86 valence electrons. The molecule has 1 aromatic heterocycles. The fraction of sp³-hybridized carbons (Fsp3) is 0.300. The molecule has 0 spiro atoms. The molecule has 16 heavy (non-hydrogen) atoms. The molecule has 0 bridgehead atoms. The highest BCUT2D eigenvalue weighted by molar-refractivity contribution is 5.76. The summed E-state index contributed by atoms with van der Waals surface area (Å²) in [4.78, 5) is 13.5. The number of H-pyrrole nitrogens is 1. The van der Waals surface area contributed by atoms with Gasteiger partial charge in [-0.15, -0.1) is 0 Å². The van der Waals surface area contributed by atoms with E-state index in [1.54, 1.807) is 12.1 Å². The summed E-state index contributed by atoms with van der Waals surface area (Å²) in [7, 11) is 0. The predicted molar refractivity (Wildman–Crippen MR) is 62.4 cm³/mol. The van der Waals surface area contributed by atoms with Crippen LogP contribution in [-0.2, 0) is 0 Å². The lowest BCUT2D eigenvalue weighted by atomic mass is 10.2.